The van der Waals surface area contributed by atoms with E-state index in [0.717, 1.165) is 41.3 Å². The zero-order chi connectivity index (χ0) is 21.6. The molecule has 3 rings (SSSR count). The van der Waals surface area contributed by atoms with Gasteiger partial charge in [-0.25, -0.2) is 9.67 Å². The molecule has 2 heterocycles. The number of nitrogens with one attached hydrogen (secondary N) is 2. The first-order valence-electron chi connectivity index (χ1n) is 10.3. The lowest BCUT2D eigenvalue weighted by molar-refractivity contribution is 0.0657. The van der Waals surface area contributed by atoms with Crippen molar-refractivity contribution in [1.82, 2.24) is 20.4 Å². The number of aliphatic imine (C=N–C) groups is 1. The maximum absolute atomic E-state index is 10.9. The summed E-state index contributed by atoms with van der Waals surface area (Å²) >= 11 is 0. The summed E-state index contributed by atoms with van der Waals surface area (Å²) in [6.07, 6.45) is 4.73. The molecule has 2 aromatic heterocycles. The van der Waals surface area contributed by atoms with Crippen LogP contribution in [0.2, 0.25) is 0 Å². The number of benzene rings is 1. The number of para-hydroxylation sites is 1. The van der Waals surface area contributed by atoms with Gasteiger partial charge in [-0.2, -0.15) is 5.10 Å². The first-order chi connectivity index (χ1) is 14.4. The standard InChI is InChI=1S/C23H31N5O2.HI/c1-5-24-22(26-16-23(4,29)21-13-17(2)30-18(21)3)25-12-11-19-14-27-28(15-19)20-9-7-6-8-10-20;/h6-10,13-15,29H,5,11-12,16H2,1-4H3,(H2,24,25,26);1H. The van der Waals surface area contributed by atoms with E-state index in [2.05, 4.69) is 20.7 Å². The molecule has 1 unspecified atom stereocenters. The Morgan fingerprint density at radius 1 is 1.23 bits per heavy atom. The van der Waals surface area contributed by atoms with Crippen molar-refractivity contribution in [3.8, 4) is 5.69 Å². The fourth-order valence-corrected chi connectivity index (χ4v) is 3.36. The first kappa shape index (κ1) is 24.9. The third kappa shape index (κ3) is 6.83. The minimum Gasteiger partial charge on any atom is -0.466 e. The third-order valence-electron chi connectivity index (χ3n) is 4.87. The molecule has 0 fully saturated rings. The van der Waals surface area contributed by atoms with E-state index in [9.17, 15) is 5.11 Å². The summed E-state index contributed by atoms with van der Waals surface area (Å²) in [5.74, 6) is 2.18. The van der Waals surface area contributed by atoms with Crippen LogP contribution in [0.15, 0.2) is 58.2 Å². The van der Waals surface area contributed by atoms with Crippen molar-refractivity contribution in [2.24, 2.45) is 4.99 Å². The second-order valence-corrected chi connectivity index (χ2v) is 7.60. The predicted molar refractivity (Wildman–Crippen MR) is 134 cm³/mol. The zero-order valence-corrected chi connectivity index (χ0v) is 20.9. The number of hydrogen-bond donors (Lipinski definition) is 3. The Kier molecular flexibility index (Phi) is 9.12. The van der Waals surface area contributed by atoms with Gasteiger partial charge in [0.15, 0.2) is 5.96 Å². The smallest absolute Gasteiger partial charge is 0.191 e. The van der Waals surface area contributed by atoms with Gasteiger partial charge in [0.25, 0.3) is 0 Å². The molecule has 0 aliphatic carbocycles. The van der Waals surface area contributed by atoms with E-state index in [1.54, 1.807) is 6.92 Å². The van der Waals surface area contributed by atoms with E-state index in [-0.39, 0.29) is 30.5 Å². The molecule has 0 bridgehead atoms. The SMILES string of the molecule is CCNC(=NCC(C)(O)c1cc(C)oc1C)NCCc1cnn(-c2ccccc2)c1.I. The maximum Gasteiger partial charge on any atom is 0.191 e. The van der Waals surface area contributed by atoms with Gasteiger partial charge in [-0.05, 0) is 57.9 Å². The summed E-state index contributed by atoms with van der Waals surface area (Å²) in [5.41, 5.74) is 1.85. The predicted octanol–water partition coefficient (Wildman–Crippen LogP) is 3.71. The topological polar surface area (TPSA) is 87.6 Å². The average Bonchev–Trinajstić information content (AvgIpc) is 3.33. The Bertz CT molecular complexity index is 979. The number of halogens is 1. The number of aryl methyl sites for hydroxylation is 2. The molecule has 1 atom stereocenters. The molecule has 8 heteroatoms. The van der Waals surface area contributed by atoms with Crippen molar-refractivity contribution in [3.05, 3.63) is 71.4 Å². The number of guanidine groups is 1. The summed E-state index contributed by atoms with van der Waals surface area (Å²) < 4.78 is 7.43. The maximum atomic E-state index is 10.9. The Balaban J connectivity index is 0.00000341. The van der Waals surface area contributed by atoms with Crippen molar-refractivity contribution < 1.29 is 9.52 Å². The summed E-state index contributed by atoms with van der Waals surface area (Å²) in [5, 5.41) is 21.9. The van der Waals surface area contributed by atoms with E-state index < -0.39 is 5.60 Å². The Morgan fingerprint density at radius 2 is 1.97 bits per heavy atom. The van der Waals surface area contributed by atoms with E-state index in [4.69, 9.17) is 4.42 Å². The molecule has 0 saturated carbocycles. The van der Waals surface area contributed by atoms with E-state index in [1.807, 2.05) is 74.2 Å². The number of nitrogens with zero attached hydrogens (tertiary/aromatic N) is 3. The first-order valence-corrected chi connectivity index (χ1v) is 10.3. The monoisotopic (exact) mass is 537 g/mol. The second-order valence-electron chi connectivity index (χ2n) is 7.60. The van der Waals surface area contributed by atoms with Gasteiger partial charge in [0.1, 0.15) is 17.1 Å². The Morgan fingerprint density at radius 3 is 2.61 bits per heavy atom. The van der Waals surface area contributed by atoms with Gasteiger partial charge >= 0.3 is 0 Å². The van der Waals surface area contributed by atoms with Crippen molar-refractivity contribution in [1.29, 1.82) is 0 Å². The summed E-state index contributed by atoms with van der Waals surface area (Å²) in [7, 11) is 0. The number of aliphatic hydroxyl groups is 1. The van der Waals surface area contributed by atoms with Crippen molar-refractivity contribution >= 4 is 29.9 Å². The van der Waals surface area contributed by atoms with E-state index in [1.165, 1.54) is 0 Å². The van der Waals surface area contributed by atoms with Crippen LogP contribution in [0.5, 0.6) is 0 Å². The third-order valence-corrected chi connectivity index (χ3v) is 4.87. The van der Waals surface area contributed by atoms with Crippen LogP contribution in [0.25, 0.3) is 5.69 Å². The Hall–Kier alpha value is -2.33. The summed E-state index contributed by atoms with van der Waals surface area (Å²) in [6.45, 7) is 9.19. The highest BCUT2D eigenvalue weighted by Crippen LogP contribution is 2.27. The lowest BCUT2D eigenvalue weighted by Crippen LogP contribution is -2.39. The fourth-order valence-electron chi connectivity index (χ4n) is 3.36. The number of hydrogen-bond acceptors (Lipinski definition) is 4. The zero-order valence-electron chi connectivity index (χ0n) is 18.6. The van der Waals surface area contributed by atoms with Crippen LogP contribution in [0.4, 0.5) is 0 Å². The van der Waals surface area contributed by atoms with Crippen molar-refractivity contribution in [2.45, 2.75) is 39.7 Å². The van der Waals surface area contributed by atoms with Crippen LogP contribution in [0.1, 0.15) is 36.5 Å². The molecule has 3 aromatic rings. The molecule has 0 spiro atoms. The average molecular weight is 537 g/mol. The lowest BCUT2D eigenvalue weighted by Gasteiger charge is -2.21. The van der Waals surface area contributed by atoms with Gasteiger partial charge in [0.2, 0.25) is 0 Å². The van der Waals surface area contributed by atoms with Gasteiger partial charge in [-0.3, -0.25) is 0 Å². The van der Waals surface area contributed by atoms with Gasteiger partial charge in [-0.15, -0.1) is 24.0 Å². The molecular formula is C23H32IN5O2. The highest BCUT2D eigenvalue weighted by molar-refractivity contribution is 14.0. The molecule has 31 heavy (non-hydrogen) atoms. The number of furan rings is 1. The quantitative estimate of drug-likeness (QED) is 0.232. The summed E-state index contributed by atoms with van der Waals surface area (Å²) in [6, 6.07) is 11.9. The van der Waals surface area contributed by atoms with Crippen LogP contribution in [0.3, 0.4) is 0 Å². The molecular weight excluding hydrogens is 505 g/mol. The second kappa shape index (κ2) is 11.3. The van der Waals surface area contributed by atoms with Gasteiger partial charge in [-0.1, -0.05) is 18.2 Å². The molecule has 3 N–H and O–H groups in total. The van der Waals surface area contributed by atoms with Crippen LogP contribution < -0.4 is 10.6 Å². The van der Waals surface area contributed by atoms with Gasteiger partial charge in [0, 0.05) is 24.8 Å². The van der Waals surface area contributed by atoms with Gasteiger partial charge < -0.3 is 20.2 Å². The van der Waals surface area contributed by atoms with Crippen molar-refractivity contribution in [2.75, 3.05) is 19.6 Å². The van der Waals surface area contributed by atoms with E-state index >= 15 is 0 Å². The highest BCUT2D eigenvalue weighted by Gasteiger charge is 2.27. The number of rotatable bonds is 8. The molecule has 0 aliphatic rings. The van der Waals surface area contributed by atoms with Crippen LogP contribution in [-0.2, 0) is 12.0 Å². The highest BCUT2D eigenvalue weighted by atomic mass is 127. The summed E-state index contributed by atoms with van der Waals surface area (Å²) in [4.78, 5) is 4.58. The largest absolute Gasteiger partial charge is 0.466 e. The van der Waals surface area contributed by atoms with Crippen LogP contribution >= 0.6 is 24.0 Å². The molecule has 0 aliphatic heterocycles. The lowest BCUT2D eigenvalue weighted by atomic mass is 9.96. The minimum absolute atomic E-state index is 0. The minimum atomic E-state index is -1.10. The van der Waals surface area contributed by atoms with Gasteiger partial charge in [0.05, 0.1) is 18.4 Å². The molecule has 168 valence electrons. The van der Waals surface area contributed by atoms with Crippen LogP contribution in [0, 0.1) is 13.8 Å². The molecule has 0 saturated heterocycles. The fraction of sp³-hybridized carbons (Fsp3) is 0.391. The molecule has 7 nitrogen and oxygen atoms in total. The molecule has 0 amide bonds. The van der Waals surface area contributed by atoms with Crippen LogP contribution in [-0.4, -0.2) is 40.5 Å². The number of aromatic nitrogens is 2. The normalized spacial score (nSPS) is 13.4. The molecule has 0 radical (unpaired) electrons. The van der Waals surface area contributed by atoms with E-state index in [0.29, 0.717) is 12.5 Å². The van der Waals surface area contributed by atoms with Crippen molar-refractivity contribution in [3.63, 3.8) is 0 Å². The molecule has 1 aromatic carbocycles. The Labute approximate surface area is 201 Å².